The smallest absolute Gasteiger partial charge is 0.240 e. The molecule has 0 radical (unpaired) electrons. The number of rotatable bonds is 5. The number of nitrogens with two attached hydrogens (primary N) is 1. The number of anilines is 1. The fourth-order valence-corrected chi connectivity index (χ4v) is 2.56. The van der Waals surface area contributed by atoms with Crippen LogP contribution in [0.2, 0.25) is 0 Å². The molecule has 0 spiro atoms. The molecule has 0 aliphatic carbocycles. The van der Waals surface area contributed by atoms with Gasteiger partial charge in [0.05, 0.1) is 4.90 Å². The predicted molar refractivity (Wildman–Crippen MR) is 74.9 cm³/mol. The summed E-state index contributed by atoms with van der Waals surface area (Å²) in [4.78, 5) is 0.220. The van der Waals surface area contributed by atoms with E-state index in [-0.39, 0.29) is 10.3 Å². The minimum absolute atomic E-state index is 0.0523. The molecule has 1 aromatic carbocycles. The number of hydrogen-bond donors (Lipinski definition) is 2. The van der Waals surface area contributed by atoms with Crippen molar-refractivity contribution in [1.82, 2.24) is 4.72 Å². The van der Waals surface area contributed by atoms with E-state index in [1.807, 2.05) is 27.7 Å². The zero-order chi connectivity index (χ0) is 14.0. The summed E-state index contributed by atoms with van der Waals surface area (Å²) in [5.74, 6) is 0. The van der Waals surface area contributed by atoms with Crippen molar-refractivity contribution < 1.29 is 8.42 Å². The molecular formula is C13H22N2O2S. The number of nitrogen functional groups attached to an aromatic ring is 1. The summed E-state index contributed by atoms with van der Waals surface area (Å²) in [5, 5.41) is 0. The average molecular weight is 270 g/mol. The first-order valence-corrected chi connectivity index (χ1v) is 7.52. The molecule has 102 valence electrons. The lowest BCUT2D eigenvalue weighted by atomic mass is 9.91. The molecule has 4 nitrogen and oxygen atoms in total. The molecule has 0 saturated carbocycles. The van der Waals surface area contributed by atoms with E-state index in [0.717, 1.165) is 12.0 Å². The Kier molecular flexibility index (Phi) is 4.40. The Morgan fingerprint density at radius 3 is 2.44 bits per heavy atom. The van der Waals surface area contributed by atoms with Crippen LogP contribution >= 0.6 is 0 Å². The standard InChI is InChI=1S/C13H22N2O2S/c1-5-13(3,4)9-15-18(16,17)11-7-6-10(2)12(14)8-11/h6-8,15H,5,9,14H2,1-4H3. The van der Waals surface area contributed by atoms with Gasteiger partial charge in [-0.05, 0) is 36.5 Å². The lowest BCUT2D eigenvalue weighted by Crippen LogP contribution is -2.33. The van der Waals surface area contributed by atoms with Gasteiger partial charge in [0, 0.05) is 12.2 Å². The highest BCUT2D eigenvalue weighted by Crippen LogP contribution is 2.21. The fraction of sp³-hybridized carbons (Fsp3) is 0.538. The number of sulfonamides is 1. The molecule has 3 N–H and O–H groups in total. The highest BCUT2D eigenvalue weighted by Gasteiger charge is 2.21. The second-order valence-electron chi connectivity index (χ2n) is 5.36. The lowest BCUT2D eigenvalue weighted by Gasteiger charge is -2.22. The van der Waals surface area contributed by atoms with Crippen LogP contribution in [0.25, 0.3) is 0 Å². The van der Waals surface area contributed by atoms with Crippen LogP contribution in [0, 0.1) is 12.3 Å². The second-order valence-corrected chi connectivity index (χ2v) is 7.13. The highest BCUT2D eigenvalue weighted by atomic mass is 32.2. The molecule has 0 amide bonds. The molecule has 0 unspecified atom stereocenters. The Morgan fingerprint density at radius 1 is 1.33 bits per heavy atom. The molecular weight excluding hydrogens is 248 g/mol. The minimum Gasteiger partial charge on any atom is -0.398 e. The Morgan fingerprint density at radius 2 is 1.94 bits per heavy atom. The van der Waals surface area contributed by atoms with Crippen molar-refractivity contribution in [3.05, 3.63) is 23.8 Å². The molecule has 0 heterocycles. The van der Waals surface area contributed by atoms with Crippen LogP contribution in [-0.4, -0.2) is 15.0 Å². The van der Waals surface area contributed by atoms with Crippen LogP contribution < -0.4 is 10.5 Å². The third kappa shape index (κ3) is 3.71. The number of hydrogen-bond acceptors (Lipinski definition) is 3. The van der Waals surface area contributed by atoms with Gasteiger partial charge in [0.1, 0.15) is 0 Å². The molecule has 1 aromatic rings. The maximum absolute atomic E-state index is 12.1. The number of nitrogens with one attached hydrogen (secondary N) is 1. The fourth-order valence-electron chi connectivity index (χ4n) is 1.28. The highest BCUT2D eigenvalue weighted by molar-refractivity contribution is 7.89. The average Bonchev–Trinajstić information content (AvgIpc) is 2.30. The Hall–Kier alpha value is -1.07. The first kappa shape index (κ1) is 15.0. The van der Waals surface area contributed by atoms with Gasteiger partial charge in [-0.15, -0.1) is 0 Å². The van der Waals surface area contributed by atoms with Gasteiger partial charge in [-0.3, -0.25) is 0 Å². The molecule has 0 fully saturated rings. The van der Waals surface area contributed by atoms with Crippen molar-refractivity contribution in [1.29, 1.82) is 0 Å². The van der Waals surface area contributed by atoms with E-state index in [4.69, 9.17) is 5.73 Å². The Labute approximate surface area is 110 Å². The van der Waals surface area contributed by atoms with Crippen LogP contribution in [-0.2, 0) is 10.0 Å². The van der Waals surface area contributed by atoms with Crippen LogP contribution in [0.3, 0.4) is 0 Å². The van der Waals surface area contributed by atoms with Crippen LogP contribution in [0.1, 0.15) is 32.8 Å². The zero-order valence-electron chi connectivity index (χ0n) is 11.4. The van der Waals surface area contributed by atoms with E-state index < -0.39 is 10.0 Å². The van der Waals surface area contributed by atoms with Crippen molar-refractivity contribution in [2.24, 2.45) is 5.41 Å². The summed E-state index contributed by atoms with van der Waals surface area (Å²) in [5.41, 5.74) is 7.05. The van der Waals surface area contributed by atoms with Crippen LogP contribution in [0.4, 0.5) is 5.69 Å². The summed E-state index contributed by atoms with van der Waals surface area (Å²) in [7, 11) is -3.47. The quantitative estimate of drug-likeness (QED) is 0.806. The molecule has 0 atom stereocenters. The van der Waals surface area contributed by atoms with E-state index in [2.05, 4.69) is 4.72 Å². The maximum Gasteiger partial charge on any atom is 0.240 e. The first-order valence-electron chi connectivity index (χ1n) is 6.04. The molecule has 18 heavy (non-hydrogen) atoms. The molecule has 0 saturated heterocycles. The SMILES string of the molecule is CCC(C)(C)CNS(=O)(=O)c1ccc(C)c(N)c1. The minimum atomic E-state index is -3.47. The van der Waals surface area contributed by atoms with Crippen molar-refractivity contribution >= 4 is 15.7 Å². The van der Waals surface area contributed by atoms with Crippen molar-refractivity contribution in [2.75, 3.05) is 12.3 Å². The van der Waals surface area contributed by atoms with Gasteiger partial charge in [0.2, 0.25) is 10.0 Å². The van der Waals surface area contributed by atoms with Crippen molar-refractivity contribution in [3.63, 3.8) is 0 Å². The van der Waals surface area contributed by atoms with Gasteiger partial charge in [-0.1, -0.05) is 26.8 Å². The molecule has 5 heteroatoms. The Balaban J connectivity index is 2.90. The molecule has 1 rings (SSSR count). The summed E-state index contributed by atoms with van der Waals surface area (Å²) in [6, 6.07) is 4.79. The third-order valence-corrected chi connectivity index (χ3v) is 4.66. The molecule has 0 aliphatic rings. The van der Waals surface area contributed by atoms with E-state index in [1.165, 1.54) is 6.07 Å². The normalized spacial score (nSPS) is 12.7. The Bertz CT molecular complexity index is 522. The number of benzene rings is 1. The van der Waals surface area contributed by atoms with Gasteiger partial charge in [-0.25, -0.2) is 13.1 Å². The van der Waals surface area contributed by atoms with Gasteiger partial charge < -0.3 is 5.73 Å². The largest absolute Gasteiger partial charge is 0.398 e. The van der Waals surface area contributed by atoms with E-state index >= 15 is 0 Å². The van der Waals surface area contributed by atoms with Crippen molar-refractivity contribution in [3.8, 4) is 0 Å². The van der Waals surface area contributed by atoms with E-state index in [9.17, 15) is 8.42 Å². The number of aryl methyl sites for hydroxylation is 1. The van der Waals surface area contributed by atoms with E-state index in [0.29, 0.717) is 12.2 Å². The van der Waals surface area contributed by atoms with Crippen molar-refractivity contribution in [2.45, 2.75) is 39.0 Å². The van der Waals surface area contributed by atoms with Crippen LogP contribution in [0.15, 0.2) is 23.1 Å². The third-order valence-electron chi connectivity index (χ3n) is 3.26. The monoisotopic (exact) mass is 270 g/mol. The predicted octanol–water partition coefficient (Wildman–Crippen LogP) is 2.29. The maximum atomic E-state index is 12.1. The summed E-state index contributed by atoms with van der Waals surface area (Å²) in [6.07, 6.45) is 0.908. The second kappa shape index (κ2) is 5.28. The van der Waals surface area contributed by atoms with Gasteiger partial charge in [0.25, 0.3) is 0 Å². The topological polar surface area (TPSA) is 72.2 Å². The van der Waals surface area contributed by atoms with Gasteiger partial charge in [-0.2, -0.15) is 0 Å². The summed E-state index contributed by atoms with van der Waals surface area (Å²) >= 11 is 0. The summed E-state index contributed by atoms with van der Waals surface area (Å²) in [6.45, 7) is 8.36. The van der Waals surface area contributed by atoms with Gasteiger partial charge in [0.15, 0.2) is 0 Å². The van der Waals surface area contributed by atoms with E-state index in [1.54, 1.807) is 12.1 Å². The summed E-state index contributed by atoms with van der Waals surface area (Å²) < 4.78 is 26.8. The lowest BCUT2D eigenvalue weighted by molar-refractivity contribution is 0.350. The first-order chi connectivity index (χ1) is 8.18. The zero-order valence-corrected chi connectivity index (χ0v) is 12.3. The molecule has 0 aliphatic heterocycles. The van der Waals surface area contributed by atoms with Crippen LogP contribution in [0.5, 0.6) is 0 Å². The molecule has 0 aromatic heterocycles. The van der Waals surface area contributed by atoms with Gasteiger partial charge >= 0.3 is 0 Å². The molecule has 0 bridgehead atoms.